The van der Waals surface area contributed by atoms with Gasteiger partial charge in [-0.15, -0.1) is 0 Å². The maximum atomic E-state index is 11.5. The Morgan fingerprint density at radius 3 is 2.33 bits per heavy atom. The zero-order valence-corrected chi connectivity index (χ0v) is 8.05. The summed E-state index contributed by atoms with van der Waals surface area (Å²) in [5.41, 5.74) is 0.280. The van der Waals surface area contributed by atoms with E-state index < -0.39 is 0 Å². The van der Waals surface area contributed by atoms with E-state index in [-0.39, 0.29) is 11.3 Å². The molecule has 0 aromatic rings. The maximum Gasteiger partial charge on any atom is 0.223 e. The molecule has 2 fully saturated rings. The summed E-state index contributed by atoms with van der Waals surface area (Å²) in [5, 5.41) is 3.08. The number of hydrogen-bond acceptors (Lipinski definition) is 1. The molecule has 0 aromatic carbocycles. The average Bonchev–Trinajstić information content (AvgIpc) is 2.75. The second kappa shape index (κ2) is 2.24. The zero-order valence-electron chi connectivity index (χ0n) is 8.05. The third-order valence-electron chi connectivity index (χ3n) is 3.27. The van der Waals surface area contributed by atoms with Crippen molar-refractivity contribution < 1.29 is 4.79 Å². The molecule has 12 heavy (non-hydrogen) atoms. The summed E-state index contributed by atoms with van der Waals surface area (Å²) in [4.78, 5) is 11.5. The summed E-state index contributed by atoms with van der Waals surface area (Å²) < 4.78 is 0. The van der Waals surface area contributed by atoms with E-state index >= 15 is 0 Å². The average molecular weight is 167 g/mol. The molecule has 2 aliphatic rings. The van der Waals surface area contributed by atoms with E-state index in [4.69, 9.17) is 0 Å². The molecular weight excluding hydrogens is 150 g/mol. The number of amides is 1. The fraction of sp³-hybridized carbons (Fsp3) is 0.900. The lowest BCUT2D eigenvalue weighted by molar-refractivity contribution is -0.123. The van der Waals surface area contributed by atoms with Crippen molar-refractivity contribution in [2.24, 2.45) is 17.3 Å². The molecule has 0 saturated heterocycles. The van der Waals surface area contributed by atoms with Crippen molar-refractivity contribution in [3.63, 3.8) is 0 Å². The maximum absolute atomic E-state index is 11.5. The van der Waals surface area contributed by atoms with Crippen LogP contribution in [-0.2, 0) is 4.79 Å². The molecule has 0 heterocycles. The second-order valence-corrected chi connectivity index (χ2v) is 5.07. The molecule has 2 saturated carbocycles. The van der Waals surface area contributed by atoms with Crippen molar-refractivity contribution in [3.8, 4) is 0 Å². The second-order valence-electron chi connectivity index (χ2n) is 5.07. The minimum Gasteiger partial charge on any atom is -0.353 e. The van der Waals surface area contributed by atoms with Gasteiger partial charge in [-0.2, -0.15) is 0 Å². The highest BCUT2D eigenvalue weighted by Gasteiger charge is 2.51. The van der Waals surface area contributed by atoms with Gasteiger partial charge in [0.2, 0.25) is 5.91 Å². The smallest absolute Gasteiger partial charge is 0.223 e. The molecule has 3 atom stereocenters. The predicted molar refractivity (Wildman–Crippen MR) is 47.6 cm³/mol. The van der Waals surface area contributed by atoms with Gasteiger partial charge in [0, 0.05) is 12.0 Å². The van der Waals surface area contributed by atoms with E-state index in [1.807, 2.05) is 0 Å². The van der Waals surface area contributed by atoms with Crippen molar-refractivity contribution in [1.29, 1.82) is 0 Å². The lowest BCUT2D eigenvalue weighted by atomic mass is 10.1. The van der Waals surface area contributed by atoms with Gasteiger partial charge in [-0.3, -0.25) is 4.79 Å². The lowest BCUT2D eigenvalue weighted by Crippen LogP contribution is -2.29. The van der Waals surface area contributed by atoms with Gasteiger partial charge in [-0.25, -0.2) is 0 Å². The molecule has 1 N–H and O–H groups in total. The summed E-state index contributed by atoms with van der Waals surface area (Å²) in [5.74, 6) is 1.30. The Morgan fingerprint density at radius 1 is 1.50 bits per heavy atom. The SMILES string of the molecule is CC1CC1NC(=O)C1CC1(C)C. The Kier molecular flexibility index (Phi) is 1.51. The fourth-order valence-electron chi connectivity index (χ4n) is 1.72. The van der Waals surface area contributed by atoms with Crippen LogP contribution in [0.15, 0.2) is 0 Å². The first-order chi connectivity index (χ1) is 5.50. The molecule has 0 bridgehead atoms. The van der Waals surface area contributed by atoms with Crippen LogP contribution in [0.2, 0.25) is 0 Å². The Balaban J connectivity index is 1.79. The van der Waals surface area contributed by atoms with Crippen molar-refractivity contribution >= 4 is 5.91 Å². The van der Waals surface area contributed by atoms with Gasteiger partial charge in [0.05, 0.1) is 0 Å². The Labute approximate surface area is 73.7 Å². The highest BCUT2D eigenvalue weighted by molar-refractivity contribution is 5.82. The molecule has 0 spiro atoms. The molecule has 2 aliphatic carbocycles. The normalized spacial score (nSPS) is 42.1. The van der Waals surface area contributed by atoms with Gasteiger partial charge in [-0.1, -0.05) is 20.8 Å². The molecule has 1 amide bonds. The van der Waals surface area contributed by atoms with Crippen LogP contribution in [-0.4, -0.2) is 11.9 Å². The molecule has 2 rings (SSSR count). The van der Waals surface area contributed by atoms with Crippen molar-refractivity contribution in [2.45, 2.75) is 39.7 Å². The number of nitrogens with one attached hydrogen (secondary N) is 1. The lowest BCUT2D eigenvalue weighted by Gasteiger charge is -2.04. The molecule has 2 nitrogen and oxygen atoms in total. The summed E-state index contributed by atoms with van der Waals surface area (Å²) in [6.45, 7) is 6.50. The number of rotatable bonds is 2. The Bertz CT molecular complexity index is 222. The summed E-state index contributed by atoms with van der Waals surface area (Å²) >= 11 is 0. The van der Waals surface area contributed by atoms with Gasteiger partial charge in [0.25, 0.3) is 0 Å². The van der Waals surface area contributed by atoms with E-state index in [9.17, 15) is 4.79 Å². The van der Waals surface area contributed by atoms with E-state index in [1.165, 1.54) is 6.42 Å². The van der Waals surface area contributed by atoms with Crippen LogP contribution in [0.25, 0.3) is 0 Å². The van der Waals surface area contributed by atoms with Crippen molar-refractivity contribution in [1.82, 2.24) is 5.32 Å². The van der Waals surface area contributed by atoms with E-state index in [1.54, 1.807) is 0 Å². The first-order valence-corrected chi connectivity index (χ1v) is 4.81. The van der Waals surface area contributed by atoms with Crippen molar-refractivity contribution in [2.75, 3.05) is 0 Å². The molecule has 0 radical (unpaired) electrons. The van der Waals surface area contributed by atoms with Crippen LogP contribution in [0.3, 0.4) is 0 Å². The topological polar surface area (TPSA) is 29.1 Å². The minimum atomic E-state index is 0.280. The Morgan fingerprint density at radius 2 is 2.00 bits per heavy atom. The molecular formula is C10H17NO. The van der Waals surface area contributed by atoms with E-state index in [0.717, 1.165) is 12.3 Å². The van der Waals surface area contributed by atoms with Crippen molar-refractivity contribution in [3.05, 3.63) is 0 Å². The van der Waals surface area contributed by atoms with Crippen LogP contribution in [0.4, 0.5) is 0 Å². The van der Waals surface area contributed by atoms with Gasteiger partial charge in [0.1, 0.15) is 0 Å². The zero-order chi connectivity index (χ0) is 8.93. The predicted octanol–water partition coefficient (Wildman–Crippen LogP) is 1.56. The third-order valence-corrected chi connectivity index (χ3v) is 3.27. The van der Waals surface area contributed by atoms with E-state index in [0.29, 0.717) is 12.0 Å². The number of carbonyl (C=O) groups excluding carboxylic acids is 1. The summed E-state index contributed by atoms with van der Waals surface area (Å²) in [6, 6.07) is 0.494. The third kappa shape index (κ3) is 1.35. The van der Waals surface area contributed by atoms with Gasteiger partial charge in [0.15, 0.2) is 0 Å². The molecule has 0 aromatic heterocycles. The van der Waals surface area contributed by atoms with Gasteiger partial charge >= 0.3 is 0 Å². The van der Waals surface area contributed by atoms with Gasteiger partial charge < -0.3 is 5.32 Å². The quantitative estimate of drug-likeness (QED) is 0.664. The molecule has 68 valence electrons. The largest absolute Gasteiger partial charge is 0.353 e. The molecule has 3 unspecified atom stereocenters. The monoisotopic (exact) mass is 167 g/mol. The van der Waals surface area contributed by atoms with Gasteiger partial charge in [-0.05, 0) is 24.2 Å². The standard InChI is InChI=1S/C10H17NO/c1-6-4-8(6)11-9(12)7-5-10(7,2)3/h6-8H,4-5H2,1-3H3,(H,11,12). The summed E-state index contributed by atoms with van der Waals surface area (Å²) in [6.07, 6.45) is 2.25. The number of carbonyl (C=O) groups is 1. The van der Waals surface area contributed by atoms with Crippen LogP contribution < -0.4 is 5.32 Å². The molecule has 0 aliphatic heterocycles. The minimum absolute atomic E-state index is 0.280. The highest BCUT2D eigenvalue weighted by atomic mass is 16.2. The first kappa shape index (κ1) is 8.09. The summed E-state index contributed by atoms with van der Waals surface area (Å²) in [7, 11) is 0. The van der Waals surface area contributed by atoms with E-state index in [2.05, 4.69) is 26.1 Å². The van der Waals surface area contributed by atoms with Crippen LogP contribution in [0.1, 0.15) is 33.6 Å². The highest BCUT2D eigenvalue weighted by Crippen LogP contribution is 2.51. The first-order valence-electron chi connectivity index (χ1n) is 4.81. The molecule has 2 heteroatoms. The van der Waals surface area contributed by atoms with Crippen LogP contribution in [0, 0.1) is 17.3 Å². The Hall–Kier alpha value is -0.530. The van der Waals surface area contributed by atoms with Crippen LogP contribution >= 0.6 is 0 Å². The fourth-order valence-corrected chi connectivity index (χ4v) is 1.72. The van der Waals surface area contributed by atoms with Crippen LogP contribution in [0.5, 0.6) is 0 Å². The number of hydrogen-bond donors (Lipinski definition) is 1.